The van der Waals surface area contributed by atoms with Crippen molar-refractivity contribution < 1.29 is 32.7 Å². The SMILES string of the molecule is CN[C@@H](C)C(=O)N[C@H]1CSc2c(N)cccc2N(Cc2cccc3ccccc23)C1=O.O=C(O)C(F)(F)F. The monoisotopic (exact) mass is 548 g/mol. The molecule has 202 valence electrons. The van der Waals surface area contributed by atoms with Crippen LogP contribution >= 0.6 is 11.8 Å². The molecule has 38 heavy (non-hydrogen) atoms. The second-order valence-corrected chi connectivity index (χ2v) is 9.47. The van der Waals surface area contributed by atoms with Crippen LogP contribution in [0.15, 0.2) is 65.6 Å². The lowest BCUT2D eigenvalue weighted by atomic mass is 10.0. The molecule has 0 saturated heterocycles. The van der Waals surface area contributed by atoms with Crippen molar-refractivity contribution in [3.05, 3.63) is 66.2 Å². The number of rotatable bonds is 5. The molecule has 5 N–H and O–H groups in total. The lowest BCUT2D eigenvalue weighted by molar-refractivity contribution is -0.192. The number of carbonyl (C=O) groups is 3. The maximum absolute atomic E-state index is 13.6. The molecule has 0 bridgehead atoms. The fourth-order valence-electron chi connectivity index (χ4n) is 3.75. The molecule has 3 aromatic rings. The molecule has 0 spiro atoms. The van der Waals surface area contributed by atoms with Crippen LogP contribution in [0, 0.1) is 0 Å². The minimum atomic E-state index is -5.08. The van der Waals surface area contributed by atoms with E-state index in [1.165, 1.54) is 11.8 Å². The van der Waals surface area contributed by atoms with E-state index in [0.717, 1.165) is 26.9 Å². The van der Waals surface area contributed by atoms with Crippen molar-refractivity contribution in [1.82, 2.24) is 10.6 Å². The summed E-state index contributed by atoms with van der Waals surface area (Å²) < 4.78 is 31.7. The predicted molar refractivity (Wildman–Crippen MR) is 141 cm³/mol. The molecule has 0 radical (unpaired) electrons. The minimum absolute atomic E-state index is 0.138. The summed E-state index contributed by atoms with van der Waals surface area (Å²) in [6.45, 7) is 2.16. The molecule has 0 saturated carbocycles. The third-order valence-electron chi connectivity index (χ3n) is 5.87. The highest BCUT2D eigenvalue weighted by Gasteiger charge is 2.38. The average Bonchev–Trinajstić information content (AvgIpc) is 3.01. The fraction of sp³-hybridized carbons (Fsp3) is 0.269. The van der Waals surface area contributed by atoms with Crippen molar-refractivity contribution in [3.8, 4) is 0 Å². The number of aliphatic carboxylic acids is 1. The number of nitrogens with zero attached hydrogens (tertiary/aromatic N) is 1. The summed E-state index contributed by atoms with van der Waals surface area (Å²) in [6, 6.07) is 18.8. The Morgan fingerprint density at radius 3 is 2.42 bits per heavy atom. The largest absolute Gasteiger partial charge is 0.490 e. The quantitative estimate of drug-likeness (QED) is 0.358. The first kappa shape index (κ1) is 28.8. The minimum Gasteiger partial charge on any atom is -0.475 e. The highest BCUT2D eigenvalue weighted by atomic mass is 32.2. The van der Waals surface area contributed by atoms with Crippen molar-refractivity contribution in [2.45, 2.75) is 36.6 Å². The van der Waals surface area contributed by atoms with Gasteiger partial charge in [0.1, 0.15) is 6.04 Å². The van der Waals surface area contributed by atoms with Gasteiger partial charge in [0, 0.05) is 11.4 Å². The van der Waals surface area contributed by atoms with Gasteiger partial charge in [-0.15, -0.1) is 11.8 Å². The van der Waals surface area contributed by atoms with Crippen molar-refractivity contribution in [1.29, 1.82) is 0 Å². The lowest BCUT2D eigenvalue weighted by Crippen LogP contribution is -2.53. The van der Waals surface area contributed by atoms with Crippen LogP contribution in [-0.2, 0) is 20.9 Å². The average molecular weight is 549 g/mol. The molecule has 0 aliphatic carbocycles. The summed E-state index contributed by atoms with van der Waals surface area (Å²) in [5, 5.41) is 15.2. The molecule has 12 heteroatoms. The number of nitrogens with two attached hydrogens (primary N) is 1. The maximum Gasteiger partial charge on any atom is 0.490 e. The van der Waals surface area contributed by atoms with Gasteiger partial charge in [0.2, 0.25) is 5.91 Å². The number of likely N-dealkylation sites (N-methyl/N-ethyl adjacent to an activating group) is 1. The van der Waals surface area contributed by atoms with Crippen molar-refractivity contribution in [3.63, 3.8) is 0 Å². The number of thioether (sulfide) groups is 1. The Hall–Kier alpha value is -3.77. The van der Waals surface area contributed by atoms with Gasteiger partial charge in [-0.05, 0) is 42.4 Å². The number of hydrogen-bond acceptors (Lipinski definition) is 6. The van der Waals surface area contributed by atoms with Crippen molar-refractivity contribution in [2.75, 3.05) is 23.4 Å². The molecule has 3 aromatic carbocycles. The highest BCUT2D eigenvalue weighted by molar-refractivity contribution is 7.99. The summed E-state index contributed by atoms with van der Waals surface area (Å²) in [6.07, 6.45) is -5.08. The summed E-state index contributed by atoms with van der Waals surface area (Å²) >= 11 is 1.50. The fourth-order valence-corrected chi connectivity index (χ4v) is 4.87. The first-order chi connectivity index (χ1) is 17.9. The van der Waals surface area contributed by atoms with E-state index in [2.05, 4.69) is 28.8 Å². The molecule has 2 atom stereocenters. The number of hydrogen-bond donors (Lipinski definition) is 4. The topological polar surface area (TPSA) is 125 Å². The van der Waals surface area contributed by atoms with Gasteiger partial charge >= 0.3 is 12.1 Å². The summed E-state index contributed by atoms with van der Waals surface area (Å²) in [7, 11) is 1.72. The van der Waals surface area contributed by atoms with Crippen LogP contribution in [0.5, 0.6) is 0 Å². The summed E-state index contributed by atoms with van der Waals surface area (Å²) in [5.41, 5.74) is 8.72. The zero-order valence-electron chi connectivity index (χ0n) is 20.6. The van der Waals surface area contributed by atoms with Gasteiger partial charge in [0.05, 0.1) is 23.2 Å². The van der Waals surface area contributed by atoms with E-state index < -0.39 is 18.2 Å². The van der Waals surface area contributed by atoms with E-state index in [1.807, 2.05) is 42.5 Å². The Morgan fingerprint density at radius 2 is 1.76 bits per heavy atom. The zero-order chi connectivity index (χ0) is 28.0. The van der Waals surface area contributed by atoms with E-state index in [9.17, 15) is 22.8 Å². The number of nitrogen functional groups attached to an aromatic ring is 1. The summed E-state index contributed by atoms with van der Waals surface area (Å²) in [4.78, 5) is 37.7. The number of nitrogens with one attached hydrogen (secondary N) is 2. The lowest BCUT2D eigenvalue weighted by Gasteiger charge is -2.27. The van der Waals surface area contributed by atoms with Gasteiger partial charge in [0.25, 0.3) is 5.91 Å². The Labute approximate surface area is 221 Å². The van der Waals surface area contributed by atoms with Gasteiger partial charge in [-0.25, -0.2) is 4.79 Å². The molecule has 2 amide bonds. The predicted octanol–water partition coefficient (Wildman–Crippen LogP) is 3.79. The van der Waals surface area contributed by atoms with Crippen LogP contribution in [-0.4, -0.2) is 54.0 Å². The third kappa shape index (κ3) is 6.75. The van der Waals surface area contributed by atoms with Gasteiger partial charge in [0.15, 0.2) is 0 Å². The second-order valence-electron chi connectivity index (χ2n) is 8.44. The number of amides is 2. The molecular weight excluding hydrogens is 521 g/mol. The van der Waals surface area contributed by atoms with Gasteiger partial charge in [-0.2, -0.15) is 13.2 Å². The highest BCUT2D eigenvalue weighted by Crippen LogP contribution is 2.39. The number of benzene rings is 3. The Balaban J connectivity index is 0.000000505. The molecule has 0 unspecified atom stereocenters. The molecule has 1 heterocycles. The number of carbonyl (C=O) groups excluding carboxylic acids is 2. The van der Waals surface area contributed by atoms with E-state index in [-0.39, 0.29) is 17.9 Å². The molecule has 0 aromatic heterocycles. The number of anilines is 2. The van der Waals surface area contributed by atoms with Gasteiger partial charge in [-0.1, -0.05) is 48.5 Å². The third-order valence-corrected chi connectivity index (χ3v) is 7.10. The normalized spacial score (nSPS) is 16.1. The standard InChI is InChI=1S/C24H26N4O2S.C2HF3O2/c1-15(26-2)23(29)27-20-14-31-22-19(25)11-6-12-21(22)28(24(20)30)13-17-9-5-8-16-7-3-4-10-18(16)17;3-2(4,5)1(6)7/h3-12,15,20,26H,13-14,25H2,1-2H3,(H,27,29);(H,6,7)/t15-,20-;/m0./s1. The number of halogens is 3. The van der Waals surface area contributed by atoms with Crippen LogP contribution in [0.2, 0.25) is 0 Å². The zero-order valence-corrected chi connectivity index (χ0v) is 21.4. The van der Waals surface area contributed by atoms with Crippen LogP contribution in [0.4, 0.5) is 24.5 Å². The molecule has 8 nitrogen and oxygen atoms in total. The molecule has 0 fully saturated rings. The van der Waals surface area contributed by atoms with E-state index in [1.54, 1.807) is 18.9 Å². The molecule has 1 aliphatic heterocycles. The molecule has 4 rings (SSSR count). The maximum atomic E-state index is 13.6. The first-order valence-electron chi connectivity index (χ1n) is 11.5. The van der Waals surface area contributed by atoms with Crippen LogP contribution < -0.4 is 21.3 Å². The number of carboxylic acids is 1. The van der Waals surface area contributed by atoms with Crippen LogP contribution in [0.1, 0.15) is 12.5 Å². The Bertz CT molecular complexity index is 1330. The molecular formula is C26H27F3N4O4S. The van der Waals surface area contributed by atoms with Crippen LogP contribution in [0.25, 0.3) is 10.8 Å². The first-order valence-corrected chi connectivity index (χ1v) is 12.5. The van der Waals surface area contributed by atoms with Crippen LogP contribution in [0.3, 0.4) is 0 Å². The second kappa shape index (κ2) is 12.2. The smallest absolute Gasteiger partial charge is 0.475 e. The van der Waals surface area contributed by atoms with E-state index in [4.69, 9.17) is 15.6 Å². The molecule has 1 aliphatic rings. The van der Waals surface area contributed by atoms with Crippen molar-refractivity contribution >= 4 is 51.7 Å². The van der Waals surface area contributed by atoms with E-state index >= 15 is 0 Å². The van der Waals surface area contributed by atoms with Gasteiger partial charge < -0.3 is 26.4 Å². The number of alkyl halides is 3. The Kier molecular flexibility index (Phi) is 9.23. The number of fused-ring (bicyclic) bond motifs is 2. The van der Waals surface area contributed by atoms with E-state index in [0.29, 0.717) is 18.0 Å². The number of carboxylic acid groups (broad SMARTS) is 1. The van der Waals surface area contributed by atoms with Gasteiger partial charge in [-0.3, -0.25) is 9.59 Å². The Morgan fingerprint density at radius 1 is 1.13 bits per heavy atom. The summed E-state index contributed by atoms with van der Waals surface area (Å²) in [5.74, 6) is -2.67. The van der Waals surface area contributed by atoms with Crippen molar-refractivity contribution in [2.24, 2.45) is 0 Å².